The molecule has 0 saturated carbocycles. The second-order valence-electron chi connectivity index (χ2n) is 4.81. The Morgan fingerprint density at radius 2 is 2.09 bits per heavy atom. The molecule has 0 bridgehead atoms. The standard InChI is InChI=1S/C14H15F3N2O3/c1-2-7-22-13(21)18-10-3-4-11-9(8-10)5-6-19(11)12(20)14(15,16)17/h3-4,8H,2,5-7H2,1H3,(H,18,21). The molecule has 1 aromatic rings. The van der Waals surface area contributed by atoms with Gasteiger partial charge in [0.2, 0.25) is 0 Å². The summed E-state index contributed by atoms with van der Waals surface area (Å²) >= 11 is 0. The van der Waals surface area contributed by atoms with Crippen LogP contribution in [0.1, 0.15) is 18.9 Å². The van der Waals surface area contributed by atoms with Gasteiger partial charge in [-0.25, -0.2) is 4.79 Å². The van der Waals surface area contributed by atoms with Crippen LogP contribution in [0.25, 0.3) is 0 Å². The van der Waals surface area contributed by atoms with Crippen molar-refractivity contribution in [1.82, 2.24) is 0 Å². The van der Waals surface area contributed by atoms with Gasteiger partial charge < -0.3 is 9.64 Å². The Bertz CT molecular complexity index is 587. The van der Waals surface area contributed by atoms with Gasteiger partial charge in [0, 0.05) is 17.9 Å². The molecule has 0 aromatic heterocycles. The monoisotopic (exact) mass is 316 g/mol. The Kier molecular flexibility index (Phi) is 4.58. The summed E-state index contributed by atoms with van der Waals surface area (Å²) in [5.74, 6) is -1.88. The molecule has 2 amide bonds. The lowest BCUT2D eigenvalue weighted by Crippen LogP contribution is -2.40. The van der Waals surface area contributed by atoms with Gasteiger partial charge in [0.05, 0.1) is 6.61 Å². The zero-order valence-corrected chi connectivity index (χ0v) is 11.9. The van der Waals surface area contributed by atoms with E-state index in [-0.39, 0.29) is 18.8 Å². The molecule has 0 atom stereocenters. The van der Waals surface area contributed by atoms with Crippen LogP contribution in [-0.4, -0.2) is 31.3 Å². The van der Waals surface area contributed by atoms with Crippen molar-refractivity contribution in [3.05, 3.63) is 23.8 Å². The fourth-order valence-electron chi connectivity index (χ4n) is 2.19. The number of fused-ring (bicyclic) bond motifs is 1. The van der Waals surface area contributed by atoms with Gasteiger partial charge in [0.1, 0.15) is 0 Å². The molecule has 0 aliphatic carbocycles. The Morgan fingerprint density at radius 1 is 1.36 bits per heavy atom. The van der Waals surface area contributed by atoms with Crippen molar-refractivity contribution in [1.29, 1.82) is 0 Å². The second-order valence-corrected chi connectivity index (χ2v) is 4.81. The molecule has 2 rings (SSSR count). The molecule has 5 nitrogen and oxygen atoms in total. The predicted octanol–water partition coefficient (Wildman–Crippen LogP) is 3.10. The molecule has 8 heteroatoms. The summed E-state index contributed by atoms with van der Waals surface area (Å²) in [5, 5.41) is 2.49. The third kappa shape index (κ3) is 3.49. The van der Waals surface area contributed by atoms with Crippen LogP contribution in [0.4, 0.5) is 29.3 Å². The SMILES string of the molecule is CCCOC(=O)Nc1ccc2c(c1)CCN2C(=O)C(F)(F)F. The minimum Gasteiger partial charge on any atom is -0.449 e. The van der Waals surface area contributed by atoms with Gasteiger partial charge in [-0.05, 0) is 36.6 Å². The van der Waals surface area contributed by atoms with Crippen LogP contribution in [-0.2, 0) is 16.0 Å². The normalized spacial score (nSPS) is 13.7. The first-order valence-electron chi connectivity index (χ1n) is 6.78. The number of anilines is 2. The first-order chi connectivity index (χ1) is 10.3. The molecular formula is C14H15F3N2O3. The van der Waals surface area contributed by atoms with Crippen molar-refractivity contribution in [3.8, 4) is 0 Å². The fraction of sp³-hybridized carbons (Fsp3) is 0.429. The van der Waals surface area contributed by atoms with Gasteiger partial charge in [-0.3, -0.25) is 10.1 Å². The zero-order valence-electron chi connectivity index (χ0n) is 11.9. The lowest BCUT2D eigenvalue weighted by Gasteiger charge is -2.19. The topological polar surface area (TPSA) is 58.6 Å². The van der Waals surface area contributed by atoms with E-state index >= 15 is 0 Å². The van der Waals surface area contributed by atoms with Gasteiger partial charge in [-0.1, -0.05) is 6.92 Å². The largest absolute Gasteiger partial charge is 0.471 e. The van der Waals surface area contributed by atoms with Crippen LogP contribution >= 0.6 is 0 Å². The molecule has 1 heterocycles. The highest BCUT2D eigenvalue weighted by Crippen LogP contribution is 2.33. The summed E-state index contributed by atoms with van der Waals surface area (Å²) in [5.41, 5.74) is 1.21. The van der Waals surface area contributed by atoms with Gasteiger partial charge in [-0.2, -0.15) is 13.2 Å². The van der Waals surface area contributed by atoms with E-state index in [9.17, 15) is 22.8 Å². The van der Waals surface area contributed by atoms with Crippen molar-refractivity contribution in [3.63, 3.8) is 0 Å². The number of nitrogens with one attached hydrogen (secondary N) is 1. The van der Waals surface area contributed by atoms with E-state index in [0.29, 0.717) is 29.0 Å². The Hall–Kier alpha value is -2.25. The minimum atomic E-state index is -4.90. The first kappa shape index (κ1) is 16.1. The van der Waals surface area contributed by atoms with Crippen molar-refractivity contribution >= 4 is 23.4 Å². The lowest BCUT2D eigenvalue weighted by molar-refractivity contribution is -0.170. The number of carbonyl (C=O) groups is 2. The molecule has 0 fully saturated rings. The third-order valence-electron chi connectivity index (χ3n) is 3.15. The molecule has 0 unspecified atom stereocenters. The quantitative estimate of drug-likeness (QED) is 0.932. The van der Waals surface area contributed by atoms with Crippen LogP contribution in [0.2, 0.25) is 0 Å². The first-order valence-corrected chi connectivity index (χ1v) is 6.78. The van der Waals surface area contributed by atoms with Crippen molar-refractivity contribution in [2.75, 3.05) is 23.4 Å². The fourth-order valence-corrected chi connectivity index (χ4v) is 2.19. The summed E-state index contributed by atoms with van der Waals surface area (Å²) < 4.78 is 42.4. The van der Waals surface area contributed by atoms with Crippen LogP contribution in [0.5, 0.6) is 0 Å². The Balaban J connectivity index is 2.11. The zero-order chi connectivity index (χ0) is 16.3. The predicted molar refractivity (Wildman–Crippen MR) is 73.8 cm³/mol. The van der Waals surface area contributed by atoms with Gasteiger partial charge in [0.25, 0.3) is 0 Å². The highest BCUT2D eigenvalue weighted by molar-refractivity contribution is 5.99. The van der Waals surface area contributed by atoms with Crippen LogP contribution in [0, 0.1) is 0 Å². The molecule has 0 radical (unpaired) electrons. The number of amides is 2. The van der Waals surface area contributed by atoms with E-state index in [2.05, 4.69) is 5.32 Å². The van der Waals surface area contributed by atoms with E-state index < -0.39 is 18.2 Å². The highest BCUT2D eigenvalue weighted by atomic mass is 19.4. The van der Waals surface area contributed by atoms with E-state index in [1.807, 2.05) is 6.92 Å². The highest BCUT2D eigenvalue weighted by Gasteiger charge is 2.44. The van der Waals surface area contributed by atoms with Crippen molar-refractivity contribution in [2.45, 2.75) is 25.9 Å². The van der Waals surface area contributed by atoms with E-state index in [1.165, 1.54) is 12.1 Å². The number of alkyl halides is 3. The van der Waals surface area contributed by atoms with Gasteiger partial charge in [0.15, 0.2) is 0 Å². The van der Waals surface area contributed by atoms with Crippen LogP contribution < -0.4 is 10.2 Å². The number of hydrogen-bond donors (Lipinski definition) is 1. The molecule has 22 heavy (non-hydrogen) atoms. The maximum Gasteiger partial charge on any atom is 0.471 e. The maximum absolute atomic E-state index is 12.5. The lowest BCUT2D eigenvalue weighted by atomic mass is 10.1. The van der Waals surface area contributed by atoms with Gasteiger partial charge in [-0.15, -0.1) is 0 Å². The Labute approximate surface area is 125 Å². The van der Waals surface area contributed by atoms with Crippen molar-refractivity contribution < 1.29 is 27.5 Å². The molecule has 1 N–H and O–H groups in total. The summed E-state index contributed by atoms with van der Waals surface area (Å²) in [4.78, 5) is 23.5. The van der Waals surface area contributed by atoms with Crippen LogP contribution in [0.3, 0.4) is 0 Å². The number of halogens is 3. The smallest absolute Gasteiger partial charge is 0.449 e. The number of benzene rings is 1. The van der Waals surface area contributed by atoms with Crippen LogP contribution in [0.15, 0.2) is 18.2 Å². The number of ether oxygens (including phenoxy) is 1. The van der Waals surface area contributed by atoms with E-state index in [1.54, 1.807) is 6.07 Å². The third-order valence-corrected chi connectivity index (χ3v) is 3.15. The second kappa shape index (κ2) is 6.25. The molecule has 1 aromatic carbocycles. The Morgan fingerprint density at radius 3 is 2.73 bits per heavy atom. The van der Waals surface area contributed by atoms with E-state index in [0.717, 1.165) is 0 Å². The molecule has 1 aliphatic heterocycles. The number of nitrogens with zero attached hydrogens (tertiary/aromatic N) is 1. The average molecular weight is 316 g/mol. The molecular weight excluding hydrogens is 301 g/mol. The molecule has 0 saturated heterocycles. The number of hydrogen-bond acceptors (Lipinski definition) is 3. The number of rotatable bonds is 3. The summed E-state index contributed by atoms with van der Waals surface area (Å²) in [6.45, 7) is 2.11. The average Bonchev–Trinajstić information content (AvgIpc) is 2.86. The minimum absolute atomic E-state index is 0.0303. The summed E-state index contributed by atoms with van der Waals surface area (Å²) in [6.07, 6.45) is -4.53. The molecule has 120 valence electrons. The molecule has 0 spiro atoms. The van der Waals surface area contributed by atoms with Crippen molar-refractivity contribution in [2.24, 2.45) is 0 Å². The maximum atomic E-state index is 12.5. The number of carbonyl (C=O) groups excluding carboxylic acids is 2. The molecule has 1 aliphatic rings. The summed E-state index contributed by atoms with van der Waals surface area (Å²) in [6, 6.07) is 4.38. The van der Waals surface area contributed by atoms with E-state index in [4.69, 9.17) is 4.74 Å². The van der Waals surface area contributed by atoms with Gasteiger partial charge >= 0.3 is 18.2 Å². The summed E-state index contributed by atoms with van der Waals surface area (Å²) in [7, 11) is 0.